The van der Waals surface area contributed by atoms with Gasteiger partial charge in [-0.3, -0.25) is 9.59 Å². The van der Waals surface area contributed by atoms with Crippen LogP contribution in [-0.4, -0.2) is 29.5 Å². The second-order valence-corrected chi connectivity index (χ2v) is 9.42. The molecule has 0 saturated heterocycles. The molecule has 2 aromatic rings. The van der Waals surface area contributed by atoms with Crippen LogP contribution >= 0.6 is 0 Å². The standard InChI is InChI=1S/C23H28N2O3/c1-28-21(27)22-9-15-8-16(10-22)12-23(11-15,14-22)25-20(26)7-6-17-13-24-19-5-3-2-4-18(17)19/h2-5,13,15-16,24H,6-12,14H2,1H3,(H,25,26). The van der Waals surface area contributed by atoms with Gasteiger partial charge in [0.05, 0.1) is 12.5 Å². The Bertz CT molecular complexity index is 917. The van der Waals surface area contributed by atoms with Crippen LogP contribution in [0.4, 0.5) is 0 Å². The molecule has 0 spiro atoms. The molecule has 1 aromatic heterocycles. The summed E-state index contributed by atoms with van der Waals surface area (Å²) >= 11 is 0. The molecule has 1 heterocycles. The largest absolute Gasteiger partial charge is 0.469 e. The van der Waals surface area contributed by atoms with E-state index in [1.54, 1.807) is 0 Å². The fraction of sp³-hybridized carbons (Fsp3) is 0.565. The Hall–Kier alpha value is -2.30. The Kier molecular flexibility index (Phi) is 4.04. The van der Waals surface area contributed by atoms with Gasteiger partial charge in [0.1, 0.15) is 0 Å². The lowest BCUT2D eigenvalue weighted by Crippen LogP contribution is -2.64. The van der Waals surface area contributed by atoms with Crippen LogP contribution in [0.3, 0.4) is 0 Å². The minimum atomic E-state index is -0.372. The van der Waals surface area contributed by atoms with Crippen LogP contribution in [0.25, 0.3) is 10.9 Å². The second kappa shape index (κ2) is 6.36. The topological polar surface area (TPSA) is 71.2 Å². The zero-order chi connectivity index (χ0) is 19.4. The van der Waals surface area contributed by atoms with Crippen LogP contribution in [0, 0.1) is 17.3 Å². The monoisotopic (exact) mass is 380 g/mol. The first-order valence-corrected chi connectivity index (χ1v) is 10.5. The Balaban J connectivity index is 1.29. The van der Waals surface area contributed by atoms with E-state index in [-0.39, 0.29) is 22.8 Å². The molecule has 0 radical (unpaired) electrons. The molecule has 6 rings (SSSR count). The van der Waals surface area contributed by atoms with Gasteiger partial charge < -0.3 is 15.0 Å². The molecule has 4 bridgehead atoms. The third-order valence-electron chi connectivity index (χ3n) is 7.38. The summed E-state index contributed by atoms with van der Waals surface area (Å²) in [5.41, 5.74) is 1.71. The van der Waals surface area contributed by atoms with Crippen molar-refractivity contribution in [1.29, 1.82) is 0 Å². The van der Waals surface area contributed by atoms with Gasteiger partial charge >= 0.3 is 5.97 Å². The quantitative estimate of drug-likeness (QED) is 0.777. The molecule has 2 atom stereocenters. The number of aromatic nitrogens is 1. The number of H-pyrrole nitrogens is 1. The summed E-state index contributed by atoms with van der Waals surface area (Å²) in [6.07, 6.45) is 9.05. The van der Waals surface area contributed by atoms with Crippen LogP contribution < -0.4 is 5.32 Å². The predicted molar refractivity (Wildman–Crippen MR) is 107 cm³/mol. The highest BCUT2D eigenvalue weighted by Crippen LogP contribution is 2.62. The number of nitrogens with one attached hydrogen (secondary N) is 2. The van der Waals surface area contributed by atoms with Gasteiger partial charge in [-0.1, -0.05) is 18.2 Å². The normalized spacial score (nSPS) is 33.2. The van der Waals surface area contributed by atoms with Crippen molar-refractivity contribution in [3.8, 4) is 0 Å². The molecule has 28 heavy (non-hydrogen) atoms. The number of fused-ring (bicyclic) bond motifs is 1. The molecule has 5 heteroatoms. The summed E-state index contributed by atoms with van der Waals surface area (Å²) in [6, 6.07) is 8.19. The maximum atomic E-state index is 12.9. The van der Waals surface area contributed by atoms with Crippen LogP contribution in [-0.2, 0) is 20.7 Å². The lowest BCUT2D eigenvalue weighted by Gasteiger charge is -2.60. The number of ether oxygens (including phenoxy) is 1. The summed E-state index contributed by atoms with van der Waals surface area (Å²) in [6.45, 7) is 0. The van der Waals surface area contributed by atoms with E-state index < -0.39 is 0 Å². The zero-order valence-electron chi connectivity index (χ0n) is 16.4. The van der Waals surface area contributed by atoms with Crippen LogP contribution in [0.2, 0.25) is 0 Å². The first-order valence-electron chi connectivity index (χ1n) is 10.5. The van der Waals surface area contributed by atoms with Crippen molar-refractivity contribution in [2.45, 2.75) is 56.9 Å². The molecule has 2 N–H and O–H groups in total. The molecule has 4 saturated carbocycles. The molecule has 4 aliphatic carbocycles. The van der Waals surface area contributed by atoms with Gasteiger partial charge in [-0.05, 0) is 68.4 Å². The van der Waals surface area contributed by atoms with Crippen molar-refractivity contribution in [2.75, 3.05) is 7.11 Å². The van der Waals surface area contributed by atoms with Crippen molar-refractivity contribution < 1.29 is 14.3 Å². The summed E-state index contributed by atoms with van der Waals surface area (Å²) in [5, 5.41) is 4.57. The van der Waals surface area contributed by atoms with Crippen LogP contribution in [0.1, 0.15) is 50.5 Å². The first-order chi connectivity index (χ1) is 13.5. The third-order valence-corrected chi connectivity index (χ3v) is 7.38. The second-order valence-electron chi connectivity index (χ2n) is 9.42. The molecule has 0 aliphatic heterocycles. The fourth-order valence-corrected chi connectivity index (χ4v) is 6.81. The highest BCUT2D eigenvalue weighted by Gasteiger charge is 2.61. The van der Waals surface area contributed by atoms with Crippen LogP contribution in [0.5, 0.6) is 0 Å². The number of carbonyl (C=O) groups excluding carboxylic acids is 2. The first kappa shape index (κ1) is 17.8. The van der Waals surface area contributed by atoms with Crippen molar-refractivity contribution >= 4 is 22.8 Å². The summed E-state index contributed by atoms with van der Waals surface area (Å²) in [7, 11) is 1.49. The Labute approximate surface area is 165 Å². The number of esters is 1. The van der Waals surface area contributed by atoms with E-state index >= 15 is 0 Å². The van der Waals surface area contributed by atoms with E-state index in [0.717, 1.165) is 44.0 Å². The van der Waals surface area contributed by atoms with E-state index in [1.807, 2.05) is 18.3 Å². The average molecular weight is 380 g/mol. The molecule has 2 unspecified atom stereocenters. The van der Waals surface area contributed by atoms with Crippen molar-refractivity contribution in [3.05, 3.63) is 36.0 Å². The van der Waals surface area contributed by atoms with Crippen molar-refractivity contribution in [3.63, 3.8) is 0 Å². The predicted octanol–water partition coefficient (Wildman–Crippen LogP) is 3.73. The molecule has 148 valence electrons. The minimum absolute atomic E-state index is 0.0704. The number of aromatic amines is 1. The van der Waals surface area contributed by atoms with E-state index in [1.165, 1.54) is 24.5 Å². The van der Waals surface area contributed by atoms with E-state index in [2.05, 4.69) is 22.4 Å². The van der Waals surface area contributed by atoms with E-state index in [0.29, 0.717) is 18.3 Å². The van der Waals surface area contributed by atoms with Gasteiger partial charge in [-0.2, -0.15) is 0 Å². The average Bonchev–Trinajstić information content (AvgIpc) is 3.07. The molecule has 4 fully saturated rings. The maximum absolute atomic E-state index is 12.9. The van der Waals surface area contributed by atoms with E-state index in [4.69, 9.17) is 4.74 Å². The van der Waals surface area contributed by atoms with Gasteiger partial charge in [0.2, 0.25) is 5.91 Å². The number of benzene rings is 1. The fourth-order valence-electron chi connectivity index (χ4n) is 6.81. The summed E-state index contributed by atoms with van der Waals surface area (Å²) in [5.74, 6) is 1.11. The Morgan fingerprint density at radius 1 is 1.18 bits per heavy atom. The number of hydrogen-bond acceptors (Lipinski definition) is 3. The van der Waals surface area contributed by atoms with Gasteiger partial charge in [0.25, 0.3) is 0 Å². The number of rotatable bonds is 5. The highest BCUT2D eigenvalue weighted by atomic mass is 16.5. The number of carbonyl (C=O) groups is 2. The Morgan fingerprint density at radius 2 is 1.93 bits per heavy atom. The number of amides is 1. The Morgan fingerprint density at radius 3 is 2.68 bits per heavy atom. The maximum Gasteiger partial charge on any atom is 0.311 e. The summed E-state index contributed by atoms with van der Waals surface area (Å²) in [4.78, 5) is 28.7. The van der Waals surface area contributed by atoms with Crippen molar-refractivity contribution in [1.82, 2.24) is 10.3 Å². The number of methoxy groups -OCH3 is 1. The molecule has 1 aromatic carbocycles. The van der Waals surface area contributed by atoms with Gasteiger partial charge in [-0.15, -0.1) is 0 Å². The van der Waals surface area contributed by atoms with Gasteiger partial charge in [0.15, 0.2) is 0 Å². The minimum Gasteiger partial charge on any atom is -0.469 e. The summed E-state index contributed by atoms with van der Waals surface area (Å²) < 4.78 is 5.17. The van der Waals surface area contributed by atoms with E-state index in [9.17, 15) is 9.59 Å². The molecule has 4 aliphatic rings. The smallest absolute Gasteiger partial charge is 0.311 e. The molecule has 1 amide bonds. The number of aryl methyl sites for hydroxylation is 1. The SMILES string of the molecule is COC(=O)C12CC3CC(CC(NC(=O)CCc4c[nH]c5ccccc45)(C3)C1)C2. The molecular weight excluding hydrogens is 352 g/mol. The number of para-hydroxylation sites is 1. The zero-order valence-corrected chi connectivity index (χ0v) is 16.4. The lowest BCUT2D eigenvalue weighted by atomic mass is 9.47. The third kappa shape index (κ3) is 2.83. The highest BCUT2D eigenvalue weighted by molar-refractivity contribution is 5.84. The van der Waals surface area contributed by atoms with Crippen molar-refractivity contribution in [2.24, 2.45) is 17.3 Å². The van der Waals surface area contributed by atoms with Gasteiger partial charge in [0, 0.05) is 29.1 Å². The molecule has 5 nitrogen and oxygen atoms in total. The van der Waals surface area contributed by atoms with Gasteiger partial charge in [-0.25, -0.2) is 0 Å². The number of hydrogen-bond donors (Lipinski definition) is 2. The molecular formula is C23H28N2O3. The van der Waals surface area contributed by atoms with Crippen LogP contribution in [0.15, 0.2) is 30.5 Å². The lowest BCUT2D eigenvalue weighted by molar-refractivity contribution is -0.173.